The van der Waals surface area contributed by atoms with Crippen LogP contribution in [0.1, 0.15) is 18.5 Å². The first-order chi connectivity index (χ1) is 8.86. The van der Waals surface area contributed by atoms with Gasteiger partial charge in [0, 0.05) is 18.4 Å². The molecule has 2 atom stereocenters. The Labute approximate surface area is 113 Å². The maximum absolute atomic E-state index is 5.84. The molecule has 2 unspecified atom stereocenters. The van der Waals surface area contributed by atoms with Crippen molar-refractivity contribution in [3.8, 4) is 5.75 Å². The van der Waals surface area contributed by atoms with Crippen molar-refractivity contribution in [2.45, 2.75) is 18.2 Å². The van der Waals surface area contributed by atoms with E-state index < -0.39 is 0 Å². The fourth-order valence-corrected chi connectivity index (χ4v) is 3.39. The molecule has 0 fully saturated rings. The number of benzene rings is 1. The van der Waals surface area contributed by atoms with E-state index in [1.54, 1.807) is 7.11 Å². The van der Waals surface area contributed by atoms with Gasteiger partial charge in [0.15, 0.2) is 0 Å². The van der Waals surface area contributed by atoms with Gasteiger partial charge >= 0.3 is 0 Å². The number of para-hydroxylation sites is 1. The molecule has 0 radical (unpaired) electrons. The molecule has 0 amide bonds. The Morgan fingerprint density at radius 2 is 2.28 bits per heavy atom. The van der Waals surface area contributed by atoms with Crippen LogP contribution in [0.25, 0.3) is 0 Å². The molecule has 0 saturated carbocycles. The van der Waals surface area contributed by atoms with Gasteiger partial charge in [-0.2, -0.15) is 11.8 Å². The van der Waals surface area contributed by atoms with Crippen LogP contribution in [-0.2, 0) is 4.74 Å². The Morgan fingerprint density at radius 3 is 3.06 bits per heavy atom. The number of ether oxygens (including phenoxy) is 2. The summed E-state index contributed by atoms with van der Waals surface area (Å²) in [5, 5.41) is 4.03. The summed E-state index contributed by atoms with van der Waals surface area (Å²) >= 11 is 1.92. The Morgan fingerprint density at radius 1 is 1.44 bits per heavy atom. The number of nitrogens with one attached hydrogen (secondary N) is 1. The lowest BCUT2D eigenvalue weighted by atomic mass is 10.0. The van der Waals surface area contributed by atoms with Crippen LogP contribution < -0.4 is 10.1 Å². The molecule has 1 aliphatic heterocycles. The number of fused-ring (bicyclic) bond motifs is 1. The minimum Gasteiger partial charge on any atom is -0.492 e. The number of rotatable bonds is 6. The van der Waals surface area contributed by atoms with Crippen LogP contribution in [0.5, 0.6) is 5.75 Å². The van der Waals surface area contributed by atoms with Gasteiger partial charge < -0.3 is 14.8 Å². The fraction of sp³-hybridized carbons (Fsp3) is 0.571. The predicted molar refractivity (Wildman–Crippen MR) is 76.5 cm³/mol. The minimum absolute atomic E-state index is 0.377. The number of hydrogen-bond donors (Lipinski definition) is 1. The van der Waals surface area contributed by atoms with Gasteiger partial charge in [0.1, 0.15) is 12.4 Å². The molecule has 3 nitrogen and oxygen atoms in total. The molecule has 2 rings (SSSR count). The highest BCUT2D eigenvalue weighted by Crippen LogP contribution is 2.36. The van der Waals surface area contributed by atoms with Gasteiger partial charge in [-0.05, 0) is 12.6 Å². The van der Waals surface area contributed by atoms with Crippen molar-refractivity contribution < 1.29 is 9.47 Å². The van der Waals surface area contributed by atoms with Crippen LogP contribution in [0.4, 0.5) is 0 Å². The molecule has 1 aliphatic rings. The van der Waals surface area contributed by atoms with Crippen LogP contribution >= 0.6 is 11.8 Å². The Balaban J connectivity index is 2.08. The zero-order valence-corrected chi connectivity index (χ0v) is 11.8. The highest BCUT2D eigenvalue weighted by atomic mass is 32.2. The van der Waals surface area contributed by atoms with Gasteiger partial charge in [-0.25, -0.2) is 0 Å². The molecular weight excluding hydrogens is 246 g/mol. The summed E-state index contributed by atoms with van der Waals surface area (Å²) in [6, 6.07) is 8.69. The second-order valence-corrected chi connectivity index (χ2v) is 5.63. The van der Waals surface area contributed by atoms with Crippen molar-refractivity contribution in [2.75, 3.05) is 32.6 Å². The fourth-order valence-electron chi connectivity index (χ4n) is 2.23. The summed E-state index contributed by atoms with van der Waals surface area (Å²) in [6.07, 6.45) is 0. The SMILES string of the molecule is CCNC1c2ccccc2OCC1SCCOC. The first kappa shape index (κ1) is 13.7. The largest absolute Gasteiger partial charge is 0.492 e. The second kappa shape index (κ2) is 7.02. The smallest absolute Gasteiger partial charge is 0.124 e. The first-order valence-electron chi connectivity index (χ1n) is 6.42. The minimum atomic E-state index is 0.377. The molecule has 18 heavy (non-hydrogen) atoms. The highest BCUT2D eigenvalue weighted by Gasteiger charge is 2.30. The maximum Gasteiger partial charge on any atom is 0.124 e. The molecule has 0 spiro atoms. The van der Waals surface area contributed by atoms with E-state index in [-0.39, 0.29) is 0 Å². The molecular formula is C14H21NO2S. The van der Waals surface area contributed by atoms with Gasteiger partial charge in [-0.15, -0.1) is 0 Å². The Hall–Kier alpha value is -0.710. The van der Waals surface area contributed by atoms with Gasteiger partial charge in [0.25, 0.3) is 0 Å². The molecule has 0 aromatic heterocycles. The van der Waals surface area contributed by atoms with Crippen LogP contribution in [-0.4, -0.2) is 37.9 Å². The lowest BCUT2D eigenvalue weighted by Gasteiger charge is -2.33. The summed E-state index contributed by atoms with van der Waals surface area (Å²) in [5.41, 5.74) is 1.28. The summed E-state index contributed by atoms with van der Waals surface area (Å²) in [7, 11) is 1.75. The van der Waals surface area contributed by atoms with Crippen LogP contribution in [0.3, 0.4) is 0 Å². The van der Waals surface area contributed by atoms with E-state index in [0.29, 0.717) is 11.3 Å². The van der Waals surface area contributed by atoms with Crippen molar-refractivity contribution in [2.24, 2.45) is 0 Å². The van der Waals surface area contributed by atoms with Gasteiger partial charge in [0.05, 0.1) is 17.9 Å². The second-order valence-electron chi connectivity index (χ2n) is 4.29. The van der Waals surface area contributed by atoms with Crippen LogP contribution in [0, 0.1) is 0 Å². The molecule has 4 heteroatoms. The van der Waals surface area contributed by atoms with E-state index in [2.05, 4.69) is 30.4 Å². The number of methoxy groups -OCH3 is 1. The third kappa shape index (κ3) is 3.19. The summed E-state index contributed by atoms with van der Waals surface area (Å²) < 4.78 is 11.0. The van der Waals surface area contributed by atoms with E-state index in [4.69, 9.17) is 9.47 Å². The number of hydrogen-bond acceptors (Lipinski definition) is 4. The molecule has 1 N–H and O–H groups in total. The molecule has 1 heterocycles. The summed E-state index contributed by atoms with van der Waals surface area (Å²) in [4.78, 5) is 0. The van der Waals surface area contributed by atoms with E-state index >= 15 is 0 Å². The maximum atomic E-state index is 5.84. The normalized spacial score (nSPS) is 22.3. The monoisotopic (exact) mass is 267 g/mol. The van der Waals surface area contributed by atoms with Gasteiger partial charge in [0.2, 0.25) is 0 Å². The van der Waals surface area contributed by atoms with E-state index in [9.17, 15) is 0 Å². The van der Waals surface area contributed by atoms with Crippen molar-refractivity contribution in [3.63, 3.8) is 0 Å². The average Bonchev–Trinajstić information content (AvgIpc) is 2.41. The topological polar surface area (TPSA) is 30.5 Å². The lowest BCUT2D eigenvalue weighted by molar-refractivity contribution is 0.218. The third-order valence-corrected chi connectivity index (χ3v) is 4.31. The Kier molecular flexibility index (Phi) is 5.35. The molecule has 1 aromatic rings. The first-order valence-corrected chi connectivity index (χ1v) is 7.47. The highest BCUT2D eigenvalue weighted by molar-refractivity contribution is 8.00. The number of thioether (sulfide) groups is 1. The molecule has 0 bridgehead atoms. The molecule has 0 aliphatic carbocycles. The quantitative estimate of drug-likeness (QED) is 0.802. The molecule has 100 valence electrons. The van der Waals surface area contributed by atoms with Crippen LogP contribution in [0.15, 0.2) is 24.3 Å². The van der Waals surface area contributed by atoms with Gasteiger partial charge in [-0.1, -0.05) is 25.1 Å². The Bertz CT molecular complexity index is 373. The van der Waals surface area contributed by atoms with Crippen molar-refractivity contribution in [1.29, 1.82) is 0 Å². The zero-order valence-electron chi connectivity index (χ0n) is 11.0. The van der Waals surface area contributed by atoms with E-state index in [1.165, 1.54) is 5.56 Å². The van der Waals surface area contributed by atoms with Crippen LogP contribution in [0.2, 0.25) is 0 Å². The summed E-state index contributed by atoms with van der Waals surface area (Å²) in [6.45, 7) is 4.68. The third-order valence-electron chi connectivity index (χ3n) is 3.07. The van der Waals surface area contributed by atoms with Crippen molar-refractivity contribution in [1.82, 2.24) is 5.32 Å². The molecule has 0 saturated heterocycles. The van der Waals surface area contributed by atoms with Crippen molar-refractivity contribution >= 4 is 11.8 Å². The van der Waals surface area contributed by atoms with Crippen molar-refractivity contribution in [3.05, 3.63) is 29.8 Å². The average molecular weight is 267 g/mol. The zero-order chi connectivity index (χ0) is 12.8. The predicted octanol–water partition coefficient (Wildman–Crippen LogP) is 2.48. The molecule has 1 aromatic carbocycles. The lowest BCUT2D eigenvalue weighted by Crippen LogP contribution is -2.37. The van der Waals surface area contributed by atoms with Gasteiger partial charge in [-0.3, -0.25) is 0 Å². The summed E-state index contributed by atoms with van der Waals surface area (Å²) in [5.74, 6) is 2.03. The van der Waals surface area contributed by atoms with E-state index in [0.717, 1.165) is 31.3 Å². The standard InChI is InChI=1S/C14H21NO2S/c1-3-15-14-11-6-4-5-7-12(11)17-10-13(14)18-9-8-16-2/h4-7,13-15H,3,8-10H2,1-2H3. The van der Waals surface area contributed by atoms with E-state index in [1.807, 2.05) is 17.8 Å².